The first-order chi connectivity index (χ1) is 19.1. The highest BCUT2D eigenvalue weighted by atomic mass is 35.5. The van der Waals surface area contributed by atoms with Gasteiger partial charge in [0.2, 0.25) is 0 Å². The summed E-state index contributed by atoms with van der Waals surface area (Å²) >= 11 is 7.86. The quantitative estimate of drug-likeness (QED) is 0.299. The molecule has 1 N–H and O–H groups in total. The fourth-order valence-corrected chi connectivity index (χ4v) is 5.77. The lowest BCUT2D eigenvalue weighted by Crippen LogP contribution is -2.52. The fraction of sp³-hybridized carbons (Fsp3) is 0.517. The summed E-state index contributed by atoms with van der Waals surface area (Å²) in [6.07, 6.45) is 0.831. The van der Waals surface area contributed by atoms with Gasteiger partial charge in [0.1, 0.15) is 33.8 Å². The molecule has 0 unspecified atom stereocenters. The van der Waals surface area contributed by atoms with Gasteiger partial charge in [0.05, 0.1) is 17.2 Å². The number of pyridine rings is 1. The Hall–Kier alpha value is -3.02. The molecule has 0 aliphatic carbocycles. The number of rotatable bonds is 7. The minimum absolute atomic E-state index is 0.0204. The predicted molar refractivity (Wildman–Crippen MR) is 159 cm³/mol. The van der Waals surface area contributed by atoms with Crippen molar-refractivity contribution in [1.82, 2.24) is 20.1 Å². The summed E-state index contributed by atoms with van der Waals surface area (Å²) in [7, 11) is 0. The third-order valence-electron chi connectivity index (χ3n) is 6.36. The van der Waals surface area contributed by atoms with E-state index in [0.717, 1.165) is 16.9 Å². The van der Waals surface area contributed by atoms with Crippen LogP contribution in [0, 0.1) is 12.7 Å². The molecule has 1 saturated heterocycles. The largest absolute Gasteiger partial charge is 0.488 e. The molecule has 0 saturated carbocycles. The van der Waals surface area contributed by atoms with Crippen LogP contribution in [0.4, 0.5) is 15.0 Å². The first kappa shape index (κ1) is 30.9. The van der Waals surface area contributed by atoms with Crippen molar-refractivity contribution in [3.63, 3.8) is 0 Å². The third-order valence-corrected chi connectivity index (χ3v) is 7.67. The van der Waals surface area contributed by atoms with Gasteiger partial charge in [-0.05, 0) is 80.0 Å². The van der Waals surface area contributed by atoms with Crippen molar-refractivity contribution in [3.05, 3.63) is 40.8 Å². The van der Waals surface area contributed by atoms with Gasteiger partial charge in [-0.3, -0.25) is 4.90 Å². The average Bonchev–Trinajstić information content (AvgIpc) is 3.41. The molecule has 4 rings (SSSR count). The van der Waals surface area contributed by atoms with Crippen molar-refractivity contribution in [2.24, 2.45) is 0 Å². The third kappa shape index (κ3) is 7.07. The lowest BCUT2D eigenvalue weighted by Gasteiger charge is -2.35. The summed E-state index contributed by atoms with van der Waals surface area (Å²) in [6, 6.07) is 4.43. The number of benzene rings is 1. The molecule has 1 aliphatic rings. The normalized spacial score (nSPS) is 18.6. The van der Waals surface area contributed by atoms with E-state index < -0.39 is 29.3 Å². The van der Waals surface area contributed by atoms with Gasteiger partial charge in [-0.25, -0.2) is 14.2 Å². The van der Waals surface area contributed by atoms with Gasteiger partial charge in [-0.1, -0.05) is 22.9 Å². The summed E-state index contributed by atoms with van der Waals surface area (Å²) < 4.78 is 32.7. The Morgan fingerprint density at radius 2 is 1.93 bits per heavy atom. The van der Waals surface area contributed by atoms with Gasteiger partial charge in [-0.2, -0.15) is 0 Å². The molecule has 222 valence electrons. The highest BCUT2D eigenvalue weighted by Crippen LogP contribution is 2.38. The Bertz CT molecular complexity index is 1420. The van der Waals surface area contributed by atoms with Crippen molar-refractivity contribution >= 4 is 34.8 Å². The van der Waals surface area contributed by atoms with Gasteiger partial charge < -0.3 is 19.5 Å². The van der Waals surface area contributed by atoms with Crippen molar-refractivity contribution in [2.45, 2.75) is 91.8 Å². The molecule has 9 nitrogen and oxygen atoms in total. The second-order valence-electron chi connectivity index (χ2n) is 11.9. The highest BCUT2D eigenvalue weighted by molar-refractivity contribution is 7.18. The molecule has 2 atom stereocenters. The second kappa shape index (κ2) is 11.7. The van der Waals surface area contributed by atoms with Gasteiger partial charge in [0.15, 0.2) is 11.6 Å². The van der Waals surface area contributed by atoms with E-state index >= 15 is 4.39 Å². The lowest BCUT2D eigenvalue weighted by molar-refractivity contribution is -0.0760. The topological polar surface area (TPSA) is 98.7 Å². The summed E-state index contributed by atoms with van der Waals surface area (Å²) in [6.45, 7) is 16.8. The summed E-state index contributed by atoms with van der Waals surface area (Å²) in [5.74, 6) is 0.153. The molecule has 1 amide bonds. The number of nitrogens with one attached hydrogen (secondary N) is 1. The van der Waals surface area contributed by atoms with Crippen LogP contribution in [0.25, 0.3) is 21.1 Å². The predicted octanol–water partition coefficient (Wildman–Crippen LogP) is 7.33. The zero-order chi connectivity index (χ0) is 30.3. The van der Waals surface area contributed by atoms with E-state index in [1.54, 1.807) is 40.8 Å². The van der Waals surface area contributed by atoms with Gasteiger partial charge in [0.25, 0.3) is 0 Å². The molecule has 0 spiro atoms. The standard InChI is InChI=1S/C29H37ClFN5O4S/c1-15(2)33-24-16(3)10-18(13-32-24)25-34-35-26(41-25)19-11-21(31)23(12-20(19)30)38-14-22-17(4)39-29(8,9)36(22)27(37)40-28(5,6)7/h10-13,15,17,22H,14H2,1-9H3,(H,32,33)/t17-,22-/m0/s1. The maximum absolute atomic E-state index is 15.3. The zero-order valence-corrected chi connectivity index (χ0v) is 26.4. The average molecular weight is 606 g/mol. The number of carbonyl (C=O) groups is 1. The van der Waals surface area contributed by atoms with Gasteiger partial charge in [0, 0.05) is 29.4 Å². The van der Waals surface area contributed by atoms with Crippen molar-refractivity contribution in [3.8, 4) is 26.9 Å². The number of halogens is 2. The molecule has 2 aromatic heterocycles. The monoisotopic (exact) mass is 605 g/mol. The first-order valence-electron chi connectivity index (χ1n) is 13.4. The van der Waals surface area contributed by atoms with Crippen LogP contribution in [-0.2, 0) is 9.47 Å². The van der Waals surface area contributed by atoms with E-state index in [9.17, 15) is 4.79 Å². The van der Waals surface area contributed by atoms with Crippen LogP contribution in [0.5, 0.6) is 5.75 Å². The van der Waals surface area contributed by atoms with Crippen LogP contribution >= 0.6 is 22.9 Å². The number of nitrogens with zero attached hydrogens (tertiary/aromatic N) is 4. The number of amides is 1. The molecular weight excluding hydrogens is 569 g/mol. The molecule has 1 fully saturated rings. The van der Waals surface area contributed by atoms with E-state index in [1.807, 2.05) is 33.8 Å². The number of ether oxygens (including phenoxy) is 3. The smallest absolute Gasteiger partial charge is 0.413 e. The first-order valence-corrected chi connectivity index (χ1v) is 14.6. The van der Waals surface area contributed by atoms with Gasteiger partial charge >= 0.3 is 6.09 Å². The molecule has 1 aliphatic heterocycles. The number of aryl methyl sites for hydroxylation is 1. The maximum atomic E-state index is 15.3. The Morgan fingerprint density at radius 1 is 1.24 bits per heavy atom. The Balaban J connectivity index is 1.51. The Labute approximate surface area is 249 Å². The van der Waals surface area contributed by atoms with Crippen molar-refractivity contribution < 1.29 is 23.4 Å². The van der Waals surface area contributed by atoms with Crippen LogP contribution in [-0.4, -0.2) is 62.3 Å². The number of carbonyl (C=O) groups excluding carboxylic acids is 1. The van der Waals surface area contributed by atoms with Gasteiger partial charge in [-0.15, -0.1) is 10.2 Å². The van der Waals surface area contributed by atoms with Crippen molar-refractivity contribution in [1.29, 1.82) is 0 Å². The van der Waals surface area contributed by atoms with Crippen LogP contribution in [0.15, 0.2) is 24.4 Å². The minimum Gasteiger partial charge on any atom is -0.488 e. The Kier molecular flexibility index (Phi) is 8.82. The maximum Gasteiger partial charge on any atom is 0.413 e. The molecule has 3 heterocycles. The van der Waals surface area contributed by atoms with Crippen LogP contribution in [0.3, 0.4) is 0 Å². The Morgan fingerprint density at radius 3 is 2.56 bits per heavy atom. The molecular formula is C29H37ClFN5O4S. The fourth-order valence-electron chi connectivity index (χ4n) is 4.62. The van der Waals surface area contributed by atoms with E-state index in [-0.39, 0.29) is 29.5 Å². The molecule has 0 radical (unpaired) electrons. The molecule has 0 bridgehead atoms. The van der Waals surface area contributed by atoms with E-state index in [0.29, 0.717) is 15.6 Å². The second-order valence-corrected chi connectivity index (χ2v) is 13.2. The zero-order valence-electron chi connectivity index (χ0n) is 24.8. The SMILES string of the molecule is Cc1cc(-c2nnc(-c3cc(F)c(OC[C@H]4[C@H](C)OC(C)(C)N4C(=O)OC(C)(C)C)cc3Cl)s2)cnc1NC(C)C. The number of hydrogen-bond acceptors (Lipinski definition) is 9. The van der Waals surface area contributed by atoms with Crippen LogP contribution in [0.1, 0.15) is 61.0 Å². The number of aromatic nitrogens is 3. The van der Waals surface area contributed by atoms with Crippen LogP contribution < -0.4 is 10.1 Å². The molecule has 1 aromatic carbocycles. The summed E-state index contributed by atoms with van der Waals surface area (Å²) in [5, 5.41) is 13.2. The van der Waals surface area contributed by atoms with E-state index in [2.05, 4.69) is 20.5 Å². The summed E-state index contributed by atoms with van der Waals surface area (Å²) in [5.41, 5.74) is 0.576. The lowest BCUT2D eigenvalue weighted by atomic mass is 10.1. The van der Waals surface area contributed by atoms with E-state index in [1.165, 1.54) is 28.4 Å². The van der Waals surface area contributed by atoms with E-state index in [4.69, 9.17) is 25.8 Å². The number of hydrogen-bond donors (Lipinski definition) is 1. The molecule has 41 heavy (non-hydrogen) atoms. The molecule has 3 aromatic rings. The minimum atomic E-state index is -0.926. The summed E-state index contributed by atoms with van der Waals surface area (Å²) in [4.78, 5) is 19.0. The molecule has 12 heteroatoms. The van der Waals surface area contributed by atoms with Crippen LogP contribution in [0.2, 0.25) is 5.02 Å². The number of anilines is 1. The highest BCUT2D eigenvalue weighted by Gasteiger charge is 2.50. The van der Waals surface area contributed by atoms with Crippen molar-refractivity contribution in [2.75, 3.05) is 11.9 Å².